The first-order valence-corrected chi connectivity index (χ1v) is 4.27. The van der Waals surface area contributed by atoms with Gasteiger partial charge in [-0.3, -0.25) is 14.9 Å². The molecule has 0 aromatic carbocycles. The predicted molar refractivity (Wildman–Crippen MR) is 43.6 cm³/mol. The van der Waals surface area contributed by atoms with Crippen LogP contribution in [0.2, 0.25) is 0 Å². The molecule has 1 aliphatic rings. The second kappa shape index (κ2) is 4.85. The van der Waals surface area contributed by atoms with Gasteiger partial charge in [-0.15, -0.1) is 0 Å². The van der Waals surface area contributed by atoms with Gasteiger partial charge in [0.2, 0.25) is 6.04 Å². The van der Waals surface area contributed by atoms with Gasteiger partial charge in [-0.25, -0.2) is 4.39 Å². The highest BCUT2D eigenvalue weighted by atomic mass is 19.1. The van der Waals surface area contributed by atoms with Crippen LogP contribution in [-0.4, -0.2) is 29.7 Å². The molecule has 1 aliphatic carbocycles. The number of nitrogens with one attached hydrogen (secondary N) is 1. The van der Waals surface area contributed by atoms with Crippen molar-refractivity contribution in [3.63, 3.8) is 0 Å². The van der Waals surface area contributed by atoms with Crippen LogP contribution in [0.15, 0.2) is 0 Å². The quantitative estimate of drug-likeness (QED) is 0.403. The van der Waals surface area contributed by atoms with E-state index in [0.29, 0.717) is 6.42 Å². The minimum Gasteiger partial charge on any atom is -0.373 e. The van der Waals surface area contributed by atoms with E-state index in [0.717, 1.165) is 0 Å². The van der Waals surface area contributed by atoms with Gasteiger partial charge in [0.05, 0.1) is 0 Å². The minimum atomic E-state index is -1.40. The lowest BCUT2D eigenvalue weighted by molar-refractivity contribution is -0.535. The van der Waals surface area contributed by atoms with Crippen molar-refractivity contribution in [2.75, 3.05) is 0 Å². The fourth-order valence-electron chi connectivity index (χ4n) is 1.56. The molecule has 80 valence electrons. The van der Waals surface area contributed by atoms with Crippen molar-refractivity contribution < 1.29 is 18.9 Å². The van der Waals surface area contributed by atoms with Gasteiger partial charge in [0.15, 0.2) is 6.17 Å². The van der Waals surface area contributed by atoms with Gasteiger partial charge in [0.1, 0.15) is 0 Å². The summed E-state index contributed by atoms with van der Waals surface area (Å²) in [6.07, 6.45) is -0.813. The van der Waals surface area contributed by atoms with E-state index in [2.05, 4.69) is 10.3 Å². The Morgan fingerprint density at radius 2 is 2.29 bits per heavy atom. The molecule has 3 atom stereocenters. The molecule has 0 radical (unpaired) electrons. The molecule has 0 aromatic heterocycles. The largest absolute Gasteiger partial charge is 0.373 e. The summed E-state index contributed by atoms with van der Waals surface area (Å²) in [5.41, 5.74) is 2.34. The molecule has 0 saturated heterocycles. The number of nitrogens with zero attached hydrogens (tertiary/aromatic N) is 1. The molecule has 14 heavy (non-hydrogen) atoms. The summed E-state index contributed by atoms with van der Waals surface area (Å²) >= 11 is 0. The Morgan fingerprint density at radius 3 is 2.86 bits per heavy atom. The standard InChI is InChI=1S/C7H11FN2O4/c8-6-2-1-5(9-14-4-11)3-7(6)10(12)13/h4-7,9H,1-3H2. The number of alkyl halides is 1. The maximum Gasteiger partial charge on any atom is 0.312 e. The number of hydrogen-bond acceptors (Lipinski definition) is 5. The molecule has 3 unspecified atom stereocenters. The van der Waals surface area contributed by atoms with E-state index in [1.54, 1.807) is 0 Å². The molecule has 7 heteroatoms. The number of hydroxylamine groups is 1. The third-order valence-electron chi connectivity index (χ3n) is 2.29. The van der Waals surface area contributed by atoms with Gasteiger partial charge in [0, 0.05) is 17.4 Å². The van der Waals surface area contributed by atoms with Gasteiger partial charge in [-0.05, 0) is 12.8 Å². The topological polar surface area (TPSA) is 81.5 Å². The summed E-state index contributed by atoms with van der Waals surface area (Å²) in [5.74, 6) is 0. The van der Waals surface area contributed by atoms with Crippen LogP contribution in [0.4, 0.5) is 4.39 Å². The molecular weight excluding hydrogens is 195 g/mol. The normalized spacial score (nSPS) is 32.2. The van der Waals surface area contributed by atoms with Crippen molar-refractivity contribution in [3.8, 4) is 0 Å². The summed E-state index contributed by atoms with van der Waals surface area (Å²) in [7, 11) is 0. The molecule has 1 fully saturated rings. The highest BCUT2D eigenvalue weighted by Crippen LogP contribution is 2.23. The zero-order valence-corrected chi connectivity index (χ0v) is 7.39. The first-order valence-electron chi connectivity index (χ1n) is 4.27. The van der Waals surface area contributed by atoms with Gasteiger partial charge in [-0.2, -0.15) is 5.48 Å². The fraction of sp³-hybridized carbons (Fsp3) is 0.857. The lowest BCUT2D eigenvalue weighted by atomic mass is 9.90. The molecule has 0 aromatic rings. The van der Waals surface area contributed by atoms with E-state index < -0.39 is 17.1 Å². The van der Waals surface area contributed by atoms with Gasteiger partial charge < -0.3 is 4.84 Å². The Balaban J connectivity index is 2.44. The van der Waals surface area contributed by atoms with Gasteiger partial charge in [0.25, 0.3) is 0 Å². The van der Waals surface area contributed by atoms with Gasteiger partial charge in [-0.1, -0.05) is 0 Å². The number of carbonyl (C=O) groups is 1. The molecule has 0 amide bonds. The Hall–Kier alpha value is -1.24. The first-order chi connectivity index (χ1) is 6.65. The first kappa shape index (κ1) is 10.8. The van der Waals surface area contributed by atoms with Crippen LogP contribution in [0.1, 0.15) is 19.3 Å². The third-order valence-corrected chi connectivity index (χ3v) is 2.29. The Labute approximate surface area is 79.5 Å². The Kier molecular flexibility index (Phi) is 3.75. The summed E-state index contributed by atoms with van der Waals surface area (Å²) < 4.78 is 13.0. The summed E-state index contributed by atoms with van der Waals surface area (Å²) in [4.78, 5) is 23.9. The van der Waals surface area contributed by atoms with Crippen molar-refractivity contribution in [1.29, 1.82) is 0 Å². The van der Waals surface area contributed by atoms with Gasteiger partial charge >= 0.3 is 6.47 Å². The zero-order valence-electron chi connectivity index (χ0n) is 7.39. The molecule has 1 N–H and O–H groups in total. The highest BCUT2D eigenvalue weighted by molar-refractivity contribution is 5.36. The number of halogens is 1. The average molecular weight is 206 g/mol. The SMILES string of the molecule is O=CONC1CCC(F)C([N+](=O)[O-])C1. The molecule has 0 aliphatic heterocycles. The molecule has 6 nitrogen and oxygen atoms in total. The molecule has 0 spiro atoms. The average Bonchev–Trinajstić information content (AvgIpc) is 2.16. The fourth-order valence-corrected chi connectivity index (χ4v) is 1.56. The molecule has 0 heterocycles. The summed E-state index contributed by atoms with van der Waals surface area (Å²) in [5, 5.41) is 10.4. The van der Waals surface area contributed by atoms with Crippen molar-refractivity contribution >= 4 is 6.47 Å². The number of nitro groups is 1. The van der Waals surface area contributed by atoms with E-state index in [-0.39, 0.29) is 25.4 Å². The Bertz CT molecular complexity index is 226. The maximum absolute atomic E-state index is 13.0. The van der Waals surface area contributed by atoms with Crippen molar-refractivity contribution in [1.82, 2.24) is 5.48 Å². The van der Waals surface area contributed by atoms with Crippen LogP contribution in [0.25, 0.3) is 0 Å². The number of rotatable bonds is 4. The van der Waals surface area contributed by atoms with E-state index in [4.69, 9.17) is 0 Å². The van der Waals surface area contributed by atoms with Crippen molar-refractivity contribution in [3.05, 3.63) is 10.1 Å². The predicted octanol–water partition coefficient (Wildman–Crippen LogP) is 0.200. The van der Waals surface area contributed by atoms with Crippen LogP contribution in [0, 0.1) is 10.1 Å². The van der Waals surface area contributed by atoms with Crippen molar-refractivity contribution in [2.45, 2.75) is 37.5 Å². The Morgan fingerprint density at radius 1 is 1.57 bits per heavy atom. The van der Waals surface area contributed by atoms with E-state index >= 15 is 0 Å². The highest BCUT2D eigenvalue weighted by Gasteiger charge is 2.38. The second-order valence-corrected chi connectivity index (χ2v) is 3.21. The van der Waals surface area contributed by atoms with Crippen LogP contribution < -0.4 is 5.48 Å². The zero-order chi connectivity index (χ0) is 10.6. The van der Waals surface area contributed by atoms with E-state index in [1.807, 2.05) is 0 Å². The number of hydrogen-bond donors (Lipinski definition) is 1. The lowest BCUT2D eigenvalue weighted by Gasteiger charge is -2.26. The maximum atomic E-state index is 13.0. The summed E-state index contributed by atoms with van der Waals surface area (Å²) in [6, 6.07) is -1.53. The van der Waals surface area contributed by atoms with E-state index in [1.165, 1.54) is 0 Å². The monoisotopic (exact) mass is 206 g/mol. The lowest BCUT2D eigenvalue weighted by Crippen LogP contribution is -2.44. The molecule has 1 saturated carbocycles. The van der Waals surface area contributed by atoms with Crippen LogP contribution in [0.5, 0.6) is 0 Å². The third kappa shape index (κ3) is 2.63. The van der Waals surface area contributed by atoms with Crippen LogP contribution in [-0.2, 0) is 9.63 Å². The van der Waals surface area contributed by atoms with Crippen molar-refractivity contribution in [2.24, 2.45) is 0 Å². The van der Waals surface area contributed by atoms with Crippen LogP contribution in [0.3, 0.4) is 0 Å². The molecular formula is C7H11FN2O4. The van der Waals surface area contributed by atoms with Crippen LogP contribution >= 0.6 is 0 Å². The second-order valence-electron chi connectivity index (χ2n) is 3.21. The minimum absolute atomic E-state index is 0.0437. The summed E-state index contributed by atoms with van der Waals surface area (Å²) in [6.45, 7) is 0.197. The van der Waals surface area contributed by atoms with E-state index in [9.17, 15) is 19.3 Å². The number of carbonyl (C=O) groups excluding carboxylic acids is 1. The molecule has 1 rings (SSSR count). The smallest absolute Gasteiger partial charge is 0.312 e. The molecule has 0 bridgehead atoms.